The average molecular weight is 284 g/mol. The molecule has 20 heavy (non-hydrogen) atoms. The van der Waals surface area contributed by atoms with Crippen molar-refractivity contribution in [2.45, 2.75) is 0 Å². The number of benzene rings is 2. The summed E-state index contributed by atoms with van der Waals surface area (Å²) in [5, 5.41) is 0.470. The Bertz CT molecular complexity index is 778. The summed E-state index contributed by atoms with van der Waals surface area (Å²) < 4.78 is 6.12. The summed E-state index contributed by atoms with van der Waals surface area (Å²) in [6.07, 6.45) is 0. The first kappa shape index (κ1) is 12.6. The van der Waals surface area contributed by atoms with Crippen LogP contribution in [0.15, 0.2) is 42.5 Å². The van der Waals surface area contributed by atoms with Crippen LogP contribution in [-0.2, 0) is 0 Å². The van der Waals surface area contributed by atoms with E-state index in [1.54, 1.807) is 31.4 Å². The fourth-order valence-electron chi connectivity index (χ4n) is 1.89. The molecular weight excluding hydrogens is 272 g/mol. The van der Waals surface area contributed by atoms with Crippen LogP contribution in [0.4, 0.5) is 5.69 Å². The van der Waals surface area contributed by atoms with Crippen LogP contribution in [-0.4, -0.2) is 17.9 Å². The number of hydrogen-bond donors (Lipinski definition) is 1. The van der Waals surface area contributed by atoms with Gasteiger partial charge in [-0.05, 0) is 36.4 Å². The highest BCUT2D eigenvalue weighted by atomic mass is 32.1. The summed E-state index contributed by atoms with van der Waals surface area (Å²) in [4.78, 5) is 16.7. The molecule has 0 radical (unpaired) electrons. The molecule has 0 saturated carbocycles. The summed E-state index contributed by atoms with van der Waals surface area (Å²) in [7, 11) is 1.61. The Labute approximate surface area is 119 Å². The standard InChI is InChI=1S/C15H12N2O2S/c1-19-11-6-7-13-12(8-11)17-15(20-13)14(18)9-2-4-10(16)5-3-9/h2-8H,16H2,1H3. The number of hydrogen-bond acceptors (Lipinski definition) is 5. The van der Waals surface area contributed by atoms with Crippen molar-refractivity contribution in [3.8, 4) is 5.75 Å². The fraction of sp³-hybridized carbons (Fsp3) is 0.0667. The molecule has 0 amide bonds. The maximum absolute atomic E-state index is 12.4. The summed E-state index contributed by atoms with van der Waals surface area (Å²) in [5.41, 5.74) is 7.61. The van der Waals surface area contributed by atoms with Crippen LogP contribution >= 0.6 is 11.3 Å². The summed E-state index contributed by atoms with van der Waals surface area (Å²) in [6, 6.07) is 12.4. The van der Waals surface area contributed by atoms with Gasteiger partial charge in [-0.3, -0.25) is 4.79 Å². The second kappa shape index (κ2) is 4.94. The second-order valence-electron chi connectivity index (χ2n) is 4.30. The number of fused-ring (bicyclic) bond motifs is 1. The molecule has 0 spiro atoms. The van der Waals surface area contributed by atoms with E-state index < -0.39 is 0 Å². The van der Waals surface area contributed by atoms with Gasteiger partial charge in [0.2, 0.25) is 5.78 Å². The topological polar surface area (TPSA) is 65.2 Å². The van der Waals surface area contributed by atoms with Gasteiger partial charge in [0.15, 0.2) is 5.01 Å². The lowest BCUT2D eigenvalue weighted by Crippen LogP contribution is -2.00. The zero-order chi connectivity index (χ0) is 14.1. The first-order valence-electron chi connectivity index (χ1n) is 6.02. The van der Waals surface area contributed by atoms with Crippen LogP contribution in [0.1, 0.15) is 15.4 Å². The first-order chi connectivity index (χ1) is 9.67. The molecule has 0 bridgehead atoms. The van der Waals surface area contributed by atoms with E-state index in [1.165, 1.54) is 11.3 Å². The zero-order valence-corrected chi connectivity index (χ0v) is 11.6. The molecule has 0 aliphatic carbocycles. The highest BCUT2D eigenvalue weighted by molar-refractivity contribution is 7.20. The number of ketones is 1. The maximum Gasteiger partial charge on any atom is 0.221 e. The SMILES string of the molecule is COc1ccc2sc(C(=O)c3ccc(N)cc3)nc2c1. The van der Waals surface area contributed by atoms with E-state index >= 15 is 0 Å². The van der Waals surface area contributed by atoms with Gasteiger partial charge in [0, 0.05) is 17.3 Å². The van der Waals surface area contributed by atoms with Crippen LogP contribution in [0.3, 0.4) is 0 Å². The molecule has 0 fully saturated rings. The zero-order valence-electron chi connectivity index (χ0n) is 10.8. The van der Waals surface area contributed by atoms with Crippen molar-refractivity contribution in [2.75, 3.05) is 12.8 Å². The van der Waals surface area contributed by atoms with Crippen molar-refractivity contribution < 1.29 is 9.53 Å². The number of thiazole rings is 1. The second-order valence-corrected chi connectivity index (χ2v) is 5.33. The minimum absolute atomic E-state index is 0.0924. The number of nitrogens with zero attached hydrogens (tertiary/aromatic N) is 1. The third kappa shape index (κ3) is 2.23. The highest BCUT2D eigenvalue weighted by Gasteiger charge is 2.14. The largest absolute Gasteiger partial charge is 0.497 e. The van der Waals surface area contributed by atoms with Crippen molar-refractivity contribution in [1.29, 1.82) is 0 Å². The Morgan fingerprint density at radius 2 is 1.95 bits per heavy atom. The molecule has 0 unspecified atom stereocenters. The molecule has 0 atom stereocenters. The predicted molar refractivity (Wildman–Crippen MR) is 80.5 cm³/mol. The van der Waals surface area contributed by atoms with E-state index in [9.17, 15) is 4.79 Å². The molecule has 5 heteroatoms. The number of carbonyl (C=O) groups is 1. The number of ether oxygens (including phenoxy) is 1. The van der Waals surface area contributed by atoms with Crippen molar-refractivity contribution in [2.24, 2.45) is 0 Å². The van der Waals surface area contributed by atoms with Crippen LogP contribution < -0.4 is 10.5 Å². The van der Waals surface area contributed by atoms with Gasteiger partial charge in [-0.25, -0.2) is 4.98 Å². The number of nitrogens with two attached hydrogens (primary N) is 1. The lowest BCUT2D eigenvalue weighted by atomic mass is 10.1. The number of nitrogen functional groups attached to an aromatic ring is 1. The Hall–Kier alpha value is -2.40. The molecule has 0 aliphatic rings. The molecule has 4 nitrogen and oxygen atoms in total. The summed E-state index contributed by atoms with van der Waals surface area (Å²) in [6.45, 7) is 0. The molecule has 0 aliphatic heterocycles. The fourth-order valence-corrected chi connectivity index (χ4v) is 2.80. The van der Waals surface area contributed by atoms with E-state index in [-0.39, 0.29) is 5.78 Å². The number of anilines is 1. The highest BCUT2D eigenvalue weighted by Crippen LogP contribution is 2.27. The van der Waals surface area contributed by atoms with E-state index in [0.717, 1.165) is 16.0 Å². The van der Waals surface area contributed by atoms with Crippen LogP contribution in [0, 0.1) is 0 Å². The molecule has 2 aromatic carbocycles. The lowest BCUT2D eigenvalue weighted by molar-refractivity contribution is 0.103. The Morgan fingerprint density at radius 1 is 1.20 bits per heavy atom. The van der Waals surface area contributed by atoms with Gasteiger partial charge in [-0.1, -0.05) is 0 Å². The number of rotatable bonds is 3. The van der Waals surface area contributed by atoms with E-state index in [1.807, 2.05) is 18.2 Å². The third-order valence-electron chi connectivity index (χ3n) is 2.96. The van der Waals surface area contributed by atoms with Gasteiger partial charge >= 0.3 is 0 Å². The minimum atomic E-state index is -0.0924. The van der Waals surface area contributed by atoms with Gasteiger partial charge in [-0.2, -0.15) is 0 Å². The van der Waals surface area contributed by atoms with E-state index in [0.29, 0.717) is 16.3 Å². The molecule has 2 N–H and O–H groups in total. The molecule has 3 aromatic rings. The molecular formula is C15H12N2O2S. The van der Waals surface area contributed by atoms with Crippen molar-refractivity contribution in [3.05, 3.63) is 53.0 Å². The third-order valence-corrected chi connectivity index (χ3v) is 4.00. The van der Waals surface area contributed by atoms with Crippen molar-refractivity contribution in [1.82, 2.24) is 4.98 Å². The van der Waals surface area contributed by atoms with Crippen LogP contribution in [0.25, 0.3) is 10.2 Å². The maximum atomic E-state index is 12.4. The van der Waals surface area contributed by atoms with Gasteiger partial charge in [0.25, 0.3) is 0 Å². The van der Waals surface area contributed by atoms with Gasteiger partial charge < -0.3 is 10.5 Å². The average Bonchev–Trinajstić information content (AvgIpc) is 2.90. The molecule has 0 saturated heterocycles. The Morgan fingerprint density at radius 3 is 2.65 bits per heavy atom. The normalized spacial score (nSPS) is 10.7. The number of carbonyl (C=O) groups excluding carboxylic acids is 1. The van der Waals surface area contributed by atoms with Crippen molar-refractivity contribution >= 4 is 33.0 Å². The van der Waals surface area contributed by atoms with E-state index in [2.05, 4.69) is 4.98 Å². The Kier molecular flexibility index (Phi) is 3.12. The quantitative estimate of drug-likeness (QED) is 0.593. The predicted octanol–water partition coefficient (Wildman–Crippen LogP) is 3.12. The van der Waals surface area contributed by atoms with Crippen LogP contribution in [0.5, 0.6) is 5.75 Å². The Balaban J connectivity index is 2.01. The smallest absolute Gasteiger partial charge is 0.221 e. The van der Waals surface area contributed by atoms with Crippen LogP contribution in [0.2, 0.25) is 0 Å². The molecule has 1 heterocycles. The minimum Gasteiger partial charge on any atom is -0.497 e. The number of methoxy groups -OCH3 is 1. The summed E-state index contributed by atoms with van der Waals surface area (Å²) in [5.74, 6) is 0.638. The first-order valence-corrected chi connectivity index (χ1v) is 6.84. The van der Waals surface area contributed by atoms with Crippen molar-refractivity contribution in [3.63, 3.8) is 0 Å². The lowest BCUT2D eigenvalue weighted by Gasteiger charge is -1.97. The molecule has 100 valence electrons. The van der Waals surface area contributed by atoms with E-state index in [4.69, 9.17) is 10.5 Å². The van der Waals surface area contributed by atoms with Gasteiger partial charge in [0.1, 0.15) is 5.75 Å². The molecule has 3 rings (SSSR count). The number of aromatic nitrogens is 1. The van der Waals surface area contributed by atoms with Gasteiger partial charge in [0.05, 0.1) is 17.3 Å². The monoisotopic (exact) mass is 284 g/mol. The molecule has 1 aromatic heterocycles. The summed E-state index contributed by atoms with van der Waals surface area (Å²) >= 11 is 1.38. The van der Waals surface area contributed by atoms with Gasteiger partial charge in [-0.15, -0.1) is 11.3 Å².